The van der Waals surface area contributed by atoms with Gasteiger partial charge in [0.1, 0.15) is 16.2 Å². The molecule has 2 aromatic heterocycles. The van der Waals surface area contributed by atoms with Crippen LogP contribution < -0.4 is 11.2 Å². The van der Waals surface area contributed by atoms with Gasteiger partial charge in [0.15, 0.2) is 5.65 Å². The summed E-state index contributed by atoms with van der Waals surface area (Å²) in [7, 11) is 1.44. The molecule has 1 aliphatic heterocycles. The number of fused-ring (bicyclic) bond motifs is 2. The molecule has 0 N–H and O–H groups in total. The fraction of sp³-hybridized carbons (Fsp3) is 0.364. The number of hydrogen-bond donors (Lipinski definition) is 0. The summed E-state index contributed by atoms with van der Waals surface area (Å²) in [6.07, 6.45) is 0. The fourth-order valence-corrected chi connectivity index (χ4v) is 4.74. The van der Waals surface area contributed by atoms with Gasteiger partial charge >= 0.3 is 5.69 Å². The molecule has 10 heteroatoms. The van der Waals surface area contributed by atoms with Gasteiger partial charge in [0.2, 0.25) is 0 Å². The molecule has 0 atom stereocenters. The van der Waals surface area contributed by atoms with Crippen LogP contribution in [-0.2, 0) is 13.6 Å². The number of benzene rings is 1. The molecule has 32 heavy (non-hydrogen) atoms. The van der Waals surface area contributed by atoms with E-state index in [1.54, 1.807) is 31.2 Å². The van der Waals surface area contributed by atoms with Gasteiger partial charge in [-0.05, 0) is 25.0 Å². The highest BCUT2D eigenvalue weighted by Gasteiger charge is 2.34. The number of rotatable bonds is 6. The van der Waals surface area contributed by atoms with Crippen molar-refractivity contribution in [3.8, 4) is 0 Å². The minimum atomic E-state index is -0.465. The number of thioether (sulfide) groups is 1. The quantitative estimate of drug-likeness (QED) is 0.318. The molecule has 0 spiro atoms. The van der Waals surface area contributed by atoms with Crippen LogP contribution in [0, 0.1) is 12.8 Å². The van der Waals surface area contributed by atoms with Crippen LogP contribution in [0.15, 0.2) is 38.9 Å². The van der Waals surface area contributed by atoms with Crippen molar-refractivity contribution >= 4 is 34.6 Å². The predicted octanol–water partition coefficient (Wildman–Crippen LogP) is 1.84. The van der Waals surface area contributed by atoms with Gasteiger partial charge in [-0.15, -0.1) is 11.8 Å². The largest absolute Gasteiger partial charge is 0.332 e. The van der Waals surface area contributed by atoms with Gasteiger partial charge in [-0.1, -0.05) is 26.0 Å². The number of aryl methyl sites for hydroxylation is 1. The van der Waals surface area contributed by atoms with E-state index in [1.807, 2.05) is 13.8 Å². The van der Waals surface area contributed by atoms with E-state index in [2.05, 4.69) is 9.97 Å². The SMILES string of the molecule is Cc1nc(SCCN2C(=O)c3ccccc3C2=O)c2c(=O)n(C)c(=O)n(CC(C)C)c2n1. The Hall–Kier alpha value is -3.27. The van der Waals surface area contributed by atoms with Gasteiger partial charge in [-0.2, -0.15) is 0 Å². The van der Waals surface area contributed by atoms with E-state index in [1.165, 1.54) is 28.3 Å². The van der Waals surface area contributed by atoms with Crippen LogP contribution in [0.4, 0.5) is 0 Å². The van der Waals surface area contributed by atoms with Gasteiger partial charge in [0, 0.05) is 25.9 Å². The molecule has 0 fully saturated rings. The van der Waals surface area contributed by atoms with Crippen LogP contribution in [0.1, 0.15) is 40.4 Å². The van der Waals surface area contributed by atoms with E-state index < -0.39 is 11.2 Å². The highest BCUT2D eigenvalue weighted by molar-refractivity contribution is 7.99. The Labute approximate surface area is 188 Å². The number of amides is 2. The van der Waals surface area contributed by atoms with Crippen LogP contribution in [-0.4, -0.2) is 48.1 Å². The maximum Gasteiger partial charge on any atom is 0.332 e. The van der Waals surface area contributed by atoms with Crippen molar-refractivity contribution in [1.82, 2.24) is 24.0 Å². The van der Waals surface area contributed by atoms with Gasteiger partial charge in [0.25, 0.3) is 17.4 Å². The third kappa shape index (κ3) is 3.64. The smallest absolute Gasteiger partial charge is 0.277 e. The van der Waals surface area contributed by atoms with Gasteiger partial charge in [0.05, 0.1) is 11.1 Å². The third-order valence-electron chi connectivity index (χ3n) is 5.24. The molecule has 9 nitrogen and oxygen atoms in total. The first kappa shape index (κ1) is 21.9. The molecule has 0 radical (unpaired) electrons. The molecular formula is C22H23N5O4S. The average Bonchev–Trinajstić information content (AvgIpc) is 2.99. The molecule has 1 aliphatic rings. The van der Waals surface area contributed by atoms with Crippen molar-refractivity contribution in [2.45, 2.75) is 32.3 Å². The van der Waals surface area contributed by atoms with Crippen LogP contribution in [0.5, 0.6) is 0 Å². The number of hydrogen-bond acceptors (Lipinski definition) is 7. The summed E-state index contributed by atoms with van der Waals surface area (Å²) < 4.78 is 2.57. The van der Waals surface area contributed by atoms with E-state index >= 15 is 0 Å². The molecule has 3 aromatic rings. The average molecular weight is 454 g/mol. The number of aromatic nitrogens is 4. The summed E-state index contributed by atoms with van der Waals surface area (Å²) in [4.78, 5) is 60.8. The molecule has 0 saturated carbocycles. The van der Waals surface area contributed by atoms with Crippen molar-refractivity contribution in [2.75, 3.05) is 12.3 Å². The van der Waals surface area contributed by atoms with Crippen LogP contribution in [0.2, 0.25) is 0 Å². The Morgan fingerprint density at radius 2 is 1.62 bits per heavy atom. The molecule has 1 aromatic carbocycles. The Kier molecular flexibility index (Phi) is 5.72. The van der Waals surface area contributed by atoms with Crippen molar-refractivity contribution in [3.05, 3.63) is 62.1 Å². The zero-order valence-electron chi connectivity index (χ0n) is 18.3. The lowest BCUT2D eigenvalue weighted by atomic mass is 10.1. The first-order valence-corrected chi connectivity index (χ1v) is 11.3. The standard InChI is InChI=1S/C22H23N5O4S/c1-12(2)11-27-17-16(21(30)25(4)22(27)31)18(24-13(3)23-17)32-10-9-26-19(28)14-7-5-6-8-15(14)20(26)29/h5-8,12H,9-11H2,1-4H3. The van der Waals surface area contributed by atoms with E-state index in [4.69, 9.17) is 0 Å². The highest BCUT2D eigenvalue weighted by atomic mass is 32.2. The highest BCUT2D eigenvalue weighted by Crippen LogP contribution is 2.26. The predicted molar refractivity (Wildman–Crippen MR) is 121 cm³/mol. The molecule has 2 amide bonds. The van der Waals surface area contributed by atoms with Gasteiger partial charge < -0.3 is 0 Å². The lowest BCUT2D eigenvalue weighted by Crippen LogP contribution is -2.39. The maximum atomic E-state index is 12.9. The van der Waals surface area contributed by atoms with Crippen molar-refractivity contribution in [1.29, 1.82) is 0 Å². The normalized spacial score (nSPS) is 13.5. The van der Waals surface area contributed by atoms with E-state index in [9.17, 15) is 19.2 Å². The van der Waals surface area contributed by atoms with Crippen molar-refractivity contribution in [2.24, 2.45) is 13.0 Å². The van der Waals surface area contributed by atoms with Crippen LogP contribution in [0.3, 0.4) is 0 Å². The van der Waals surface area contributed by atoms with E-state index in [0.29, 0.717) is 39.9 Å². The topological polar surface area (TPSA) is 107 Å². The van der Waals surface area contributed by atoms with Crippen molar-refractivity contribution < 1.29 is 9.59 Å². The second-order valence-corrected chi connectivity index (χ2v) is 9.17. The van der Waals surface area contributed by atoms with Crippen LogP contribution >= 0.6 is 11.8 Å². The monoisotopic (exact) mass is 453 g/mol. The van der Waals surface area contributed by atoms with Crippen molar-refractivity contribution in [3.63, 3.8) is 0 Å². The first-order chi connectivity index (χ1) is 15.2. The number of carbonyl (C=O) groups is 2. The Morgan fingerprint density at radius 1 is 1.00 bits per heavy atom. The van der Waals surface area contributed by atoms with E-state index in [0.717, 1.165) is 4.57 Å². The second kappa shape index (κ2) is 8.34. The molecule has 0 aliphatic carbocycles. The zero-order valence-corrected chi connectivity index (χ0v) is 19.1. The van der Waals surface area contributed by atoms with Gasteiger partial charge in [-0.3, -0.25) is 28.4 Å². The summed E-state index contributed by atoms with van der Waals surface area (Å²) in [5.74, 6) is 0.316. The molecular weight excluding hydrogens is 430 g/mol. The summed E-state index contributed by atoms with van der Waals surface area (Å²) >= 11 is 1.26. The fourth-order valence-electron chi connectivity index (χ4n) is 3.75. The Bertz CT molecular complexity index is 1340. The minimum absolute atomic E-state index is 0.174. The summed E-state index contributed by atoms with van der Waals surface area (Å²) in [5.41, 5.74) is 0.224. The molecule has 166 valence electrons. The summed E-state index contributed by atoms with van der Waals surface area (Å²) in [5, 5.41) is 0.702. The van der Waals surface area contributed by atoms with E-state index in [-0.39, 0.29) is 29.7 Å². The molecule has 0 bridgehead atoms. The Morgan fingerprint density at radius 3 is 2.22 bits per heavy atom. The molecule has 0 unspecified atom stereocenters. The summed E-state index contributed by atoms with van der Waals surface area (Å²) in [6, 6.07) is 6.73. The maximum absolute atomic E-state index is 12.9. The minimum Gasteiger partial charge on any atom is -0.277 e. The van der Waals surface area contributed by atoms with Gasteiger partial charge in [-0.25, -0.2) is 14.8 Å². The lowest BCUT2D eigenvalue weighted by Gasteiger charge is -2.16. The Balaban J connectivity index is 1.67. The molecule has 3 heterocycles. The first-order valence-electron chi connectivity index (χ1n) is 10.3. The molecule has 0 saturated heterocycles. The summed E-state index contributed by atoms with van der Waals surface area (Å²) in [6.45, 7) is 6.26. The third-order valence-corrected chi connectivity index (χ3v) is 6.20. The number of carbonyl (C=O) groups excluding carboxylic acids is 2. The second-order valence-electron chi connectivity index (χ2n) is 8.08. The number of imide groups is 1. The molecule has 4 rings (SSSR count). The number of nitrogens with zero attached hydrogens (tertiary/aromatic N) is 5. The zero-order chi connectivity index (χ0) is 23.2. The lowest BCUT2D eigenvalue weighted by molar-refractivity contribution is 0.0664. The van der Waals surface area contributed by atoms with Crippen LogP contribution in [0.25, 0.3) is 11.0 Å².